The van der Waals surface area contributed by atoms with Crippen LogP contribution >= 0.6 is 0 Å². The summed E-state index contributed by atoms with van der Waals surface area (Å²) in [6.07, 6.45) is -0.318. The molecular formula is C9H16FNO. The lowest BCUT2D eigenvalue weighted by molar-refractivity contribution is -0.135. The van der Waals surface area contributed by atoms with Gasteiger partial charge in [-0.25, -0.2) is 4.39 Å². The van der Waals surface area contributed by atoms with E-state index in [0.717, 1.165) is 0 Å². The van der Waals surface area contributed by atoms with E-state index in [9.17, 15) is 9.18 Å². The zero-order chi connectivity index (χ0) is 9.30. The van der Waals surface area contributed by atoms with E-state index in [1.165, 1.54) is 0 Å². The molecule has 2 nitrogen and oxygen atoms in total. The van der Waals surface area contributed by atoms with Gasteiger partial charge in [0.15, 0.2) is 0 Å². The second-order valence-corrected chi connectivity index (χ2v) is 3.83. The maximum atomic E-state index is 12.9. The van der Waals surface area contributed by atoms with Gasteiger partial charge in [-0.1, -0.05) is 13.8 Å². The fourth-order valence-corrected chi connectivity index (χ4v) is 1.60. The summed E-state index contributed by atoms with van der Waals surface area (Å²) in [7, 11) is 0. The van der Waals surface area contributed by atoms with Crippen LogP contribution in [0.25, 0.3) is 0 Å². The minimum Gasteiger partial charge on any atom is -0.337 e. The van der Waals surface area contributed by atoms with Crippen molar-refractivity contribution in [3.05, 3.63) is 0 Å². The first kappa shape index (κ1) is 9.49. The van der Waals surface area contributed by atoms with Crippen LogP contribution in [0.15, 0.2) is 0 Å². The van der Waals surface area contributed by atoms with Gasteiger partial charge in [-0.15, -0.1) is 0 Å². The first-order chi connectivity index (χ1) is 5.52. The van der Waals surface area contributed by atoms with Crippen molar-refractivity contribution in [1.29, 1.82) is 0 Å². The van der Waals surface area contributed by atoms with Crippen LogP contribution in [-0.4, -0.2) is 29.6 Å². The molecule has 1 heterocycles. The smallest absolute Gasteiger partial charge is 0.225 e. The lowest BCUT2D eigenvalue weighted by Crippen LogP contribution is -2.36. The predicted octanol–water partition coefficient (Wildman–Crippen LogP) is 1.60. The zero-order valence-electron chi connectivity index (χ0n) is 7.88. The average Bonchev–Trinajstić information content (AvgIpc) is 2.28. The monoisotopic (exact) mass is 173 g/mol. The van der Waals surface area contributed by atoms with Gasteiger partial charge >= 0.3 is 0 Å². The minimum atomic E-state index is -0.817. The molecule has 1 aliphatic heterocycles. The van der Waals surface area contributed by atoms with Gasteiger partial charge in [-0.2, -0.15) is 0 Å². The summed E-state index contributed by atoms with van der Waals surface area (Å²) in [5.41, 5.74) is 0. The second-order valence-electron chi connectivity index (χ2n) is 3.83. The first-order valence-corrected chi connectivity index (χ1v) is 4.47. The third-order valence-corrected chi connectivity index (χ3v) is 2.30. The summed E-state index contributed by atoms with van der Waals surface area (Å²) in [6.45, 7) is 5.89. The third-order valence-electron chi connectivity index (χ3n) is 2.30. The summed E-state index contributed by atoms with van der Waals surface area (Å²) < 4.78 is 12.9. The normalized spacial score (nSPS) is 29.9. The van der Waals surface area contributed by atoms with Gasteiger partial charge in [0, 0.05) is 18.4 Å². The van der Waals surface area contributed by atoms with E-state index in [1.54, 1.807) is 4.90 Å². The first-order valence-electron chi connectivity index (χ1n) is 4.47. The molecule has 1 aliphatic rings. The van der Waals surface area contributed by atoms with Crippen LogP contribution in [0.3, 0.4) is 0 Å². The number of likely N-dealkylation sites (tertiary alicyclic amines) is 1. The molecule has 1 saturated heterocycles. The molecule has 1 rings (SSSR count). The number of rotatable bonds is 1. The molecule has 0 saturated carbocycles. The van der Waals surface area contributed by atoms with E-state index in [0.29, 0.717) is 6.42 Å². The summed E-state index contributed by atoms with van der Waals surface area (Å²) in [4.78, 5) is 13.1. The van der Waals surface area contributed by atoms with Crippen LogP contribution in [0, 0.1) is 5.92 Å². The number of carbonyl (C=O) groups excluding carboxylic acids is 1. The molecule has 0 aliphatic carbocycles. The van der Waals surface area contributed by atoms with E-state index in [1.807, 2.05) is 20.8 Å². The highest BCUT2D eigenvalue weighted by Crippen LogP contribution is 2.21. The molecule has 3 heteroatoms. The van der Waals surface area contributed by atoms with Crippen LogP contribution in [0.2, 0.25) is 0 Å². The fourth-order valence-electron chi connectivity index (χ4n) is 1.60. The molecule has 2 unspecified atom stereocenters. The largest absolute Gasteiger partial charge is 0.337 e. The third kappa shape index (κ3) is 1.76. The van der Waals surface area contributed by atoms with Crippen molar-refractivity contribution < 1.29 is 9.18 Å². The molecule has 12 heavy (non-hydrogen) atoms. The van der Waals surface area contributed by atoms with Crippen molar-refractivity contribution in [3.63, 3.8) is 0 Å². The molecule has 0 radical (unpaired) electrons. The quantitative estimate of drug-likeness (QED) is 0.589. The van der Waals surface area contributed by atoms with Gasteiger partial charge in [-0.3, -0.25) is 4.79 Å². The molecule has 0 bridgehead atoms. The van der Waals surface area contributed by atoms with E-state index in [-0.39, 0.29) is 24.4 Å². The Kier molecular flexibility index (Phi) is 2.70. The highest BCUT2D eigenvalue weighted by Gasteiger charge is 2.32. The summed E-state index contributed by atoms with van der Waals surface area (Å²) in [5, 5.41) is 0. The molecule has 0 N–H and O–H groups in total. The van der Waals surface area contributed by atoms with Gasteiger partial charge in [0.25, 0.3) is 0 Å². The summed E-state index contributed by atoms with van der Waals surface area (Å²) in [6, 6.07) is 0.0786. The Morgan fingerprint density at radius 1 is 1.58 bits per heavy atom. The number of nitrogens with zero attached hydrogens (tertiary/aromatic N) is 1. The van der Waals surface area contributed by atoms with E-state index >= 15 is 0 Å². The lowest BCUT2D eigenvalue weighted by Gasteiger charge is -2.22. The molecule has 1 amide bonds. The van der Waals surface area contributed by atoms with Gasteiger partial charge in [0.1, 0.15) is 6.17 Å². The van der Waals surface area contributed by atoms with Gasteiger partial charge in [-0.05, 0) is 6.92 Å². The Labute approximate surface area is 72.7 Å². The highest BCUT2D eigenvalue weighted by atomic mass is 19.1. The fraction of sp³-hybridized carbons (Fsp3) is 0.889. The lowest BCUT2D eigenvalue weighted by atomic mass is 10.2. The van der Waals surface area contributed by atoms with Crippen molar-refractivity contribution in [2.24, 2.45) is 5.92 Å². The van der Waals surface area contributed by atoms with E-state index in [2.05, 4.69) is 0 Å². The predicted molar refractivity (Wildman–Crippen MR) is 45.5 cm³/mol. The number of carbonyl (C=O) groups is 1. The molecule has 0 aromatic heterocycles. The number of amides is 1. The molecule has 1 fully saturated rings. The number of halogens is 1. The zero-order valence-corrected chi connectivity index (χ0v) is 7.88. The average molecular weight is 173 g/mol. The van der Waals surface area contributed by atoms with Gasteiger partial charge < -0.3 is 4.90 Å². The van der Waals surface area contributed by atoms with E-state index < -0.39 is 6.17 Å². The van der Waals surface area contributed by atoms with Crippen molar-refractivity contribution in [1.82, 2.24) is 4.90 Å². The Hall–Kier alpha value is -0.600. The van der Waals surface area contributed by atoms with Gasteiger partial charge in [0.2, 0.25) is 5.91 Å². The summed E-state index contributed by atoms with van der Waals surface area (Å²) in [5.74, 6) is 0.0559. The maximum Gasteiger partial charge on any atom is 0.225 e. The standard InChI is InChI=1S/C9H16FNO/c1-6(2)9(12)11-5-8(10)4-7(11)3/h6-8H,4-5H2,1-3H3. The van der Waals surface area contributed by atoms with Crippen LogP contribution in [0.5, 0.6) is 0 Å². The Balaban J connectivity index is 2.58. The molecule has 0 spiro atoms. The Morgan fingerprint density at radius 3 is 2.50 bits per heavy atom. The minimum absolute atomic E-state index is 0.0160. The number of hydrogen-bond acceptors (Lipinski definition) is 1. The Bertz CT molecular complexity index is 181. The summed E-state index contributed by atoms with van der Waals surface area (Å²) >= 11 is 0. The molecular weight excluding hydrogens is 157 g/mol. The topological polar surface area (TPSA) is 20.3 Å². The molecule has 2 atom stereocenters. The molecule has 0 aromatic carbocycles. The molecule has 0 aromatic rings. The van der Waals surface area contributed by atoms with Crippen LogP contribution in [0.1, 0.15) is 27.2 Å². The van der Waals surface area contributed by atoms with Crippen molar-refractivity contribution in [2.45, 2.75) is 39.4 Å². The molecule has 70 valence electrons. The number of alkyl halides is 1. The van der Waals surface area contributed by atoms with Crippen molar-refractivity contribution in [3.8, 4) is 0 Å². The SMILES string of the molecule is CC(C)C(=O)N1CC(F)CC1C. The van der Waals surface area contributed by atoms with Crippen LogP contribution in [0.4, 0.5) is 4.39 Å². The van der Waals surface area contributed by atoms with Crippen LogP contribution < -0.4 is 0 Å². The second kappa shape index (κ2) is 3.42. The number of hydrogen-bond donors (Lipinski definition) is 0. The van der Waals surface area contributed by atoms with Crippen LogP contribution in [-0.2, 0) is 4.79 Å². The van der Waals surface area contributed by atoms with Gasteiger partial charge in [0.05, 0.1) is 6.54 Å². The maximum absolute atomic E-state index is 12.9. The van der Waals surface area contributed by atoms with Crippen molar-refractivity contribution >= 4 is 5.91 Å². The highest BCUT2D eigenvalue weighted by molar-refractivity contribution is 5.78. The van der Waals surface area contributed by atoms with E-state index in [4.69, 9.17) is 0 Å². The van der Waals surface area contributed by atoms with Crippen molar-refractivity contribution in [2.75, 3.05) is 6.54 Å². The Morgan fingerprint density at radius 2 is 2.17 bits per heavy atom.